The molecule has 1 aromatic heterocycles. The highest BCUT2D eigenvalue weighted by Crippen LogP contribution is 2.22. The molecule has 1 unspecified atom stereocenters. The molecular weight excluding hydrogens is 240 g/mol. The van der Waals surface area contributed by atoms with Crippen LogP contribution in [-0.4, -0.2) is 33.4 Å². The highest BCUT2D eigenvalue weighted by atomic mass is 16.2. The van der Waals surface area contributed by atoms with Gasteiger partial charge in [-0.15, -0.1) is 0 Å². The largest absolute Gasteiger partial charge is 0.341 e. The summed E-state index contributed by atoms with van der Waals surface area (Å²) in [7, 11) is 0. The van der Waals surface area contributed by atoms with Gasteiger partial charge in [-0.05, 0) is 40.0 Å². The molecule has 106 valence electrons. The Morgan fingerprint density at radius 3 is 2.58 bits per heavy atom. The molecule has 0 radical (unpaired) electrons. The lowest BCUT2D eigenvalue weighted by atomic mass is 10.0. The second kappa shape index (κ2) is 5.33. The van der Waals surface area contributed by atoms with Crippen molar-refractivity contribution >= 4 is 5.91 Å². The van der Waals surface area contributed by atoms with Crippen molar-refractivity contribution in [1.82, 2.24) is 14.5 Å². The fourth-order valence-corrected chi connectivity index (χ4v) is 2.61. The van der Waals surface area contributed by atoms with Gasteiger partial charge in [0.2, 0.25) is 5.91 Å². The van der Waals surface area contributed by atoms with E-state index in [0.29, 0.717) is 0 Å². The van der Waals surface area contributed by atoms with Crippen molar-refractivity contribution in [3.8, 4) is 0 Å². The lowest BCUT2D eigenvalue weighted by Gasteiger charge is -2.31. The third kappa shape index (κ3) is 2.97. The van der Waals surface area contributed by atoms with Crippen LogP contribution in [0.15, 0.2) is 12.5 Å². The van der Waals surface area contributed by atoms with Crippen molar-refractivity contribution in [3.63, 3.8) is 0 Å². The molecular formula is C14H24N4O. The summed E-state index contributed by atoms with van der Waals surface area (Å²) in [5, 5.41) is 0. The van der Waals surface area contributed by atoms with Crippen LogP contribution in [0.4, 0.5) is 0 Å². The summed E-state index contributed by atoms with van der Waals surface area (Å²) in [5.41, 5.74) is 6.53. The Labute approximate surface area is 114 Å². The highest BCUT2D eigenvalue weighted by molar-refractivity contribution is 5.80. The first kappa shape index (κ1) is 14.1. The SMILES string of the molecule is CC(C(=O)N1CCCCC1)n1cncc1C(C)(C)N. The molecule has 0 bridgehead atoms. The summed E-state index contributed by atoms with van der Waals surface area (Å²) in [4.78, 5) is 18.6. The number of nitrogens with zero attached hydrogens (tertiary/aromatic N) is 3. The summed E-state index contributed by atoms with van der Waals surface area (Å²) < 4.78 is 1.90. The van der Waals surface area contributed by atoms with Crippen LogP contribution in [0.25, 0.3) is 0 Å². The van der Waals surface area contributed by atoms with Gasteiger partial charge in [0.1, 0.15) is 6.04 Å². The number of amides is 1. The minimum absolute atomic E-state index is 0.170. The lowest BCUT2D eigenvalue weighted by molar-refractivity contribution is -0.135. The predicted molar refractivity (Wildman–Crippen MR) is 74.6 cm³/mol. The summed E-state index contributed by atoms with van der Waals surface area (Å²) in [6.45, 7) is 7.53. The van der Waals surface area contributed by atoms with Gasteiger partial charge >= 0.3 is 0 Å². The topological polar surface area (TPSA) is 64.2 Å². The van der Waals surface area contributed by atoms with Crippen LogP contribution in [0, 0.1) is 0 Å². The molecule has 1 atom stereocenters. The maximum Gasteiger partial charge on any atom is 0.245 e. The number of piperidine rings is 1. The Bertz CT molecular complexity index is 441. The second-order valence-corrected chi connectivity index (χ2v) is 5.97. The van der Waals surface area contributed by atoms with Crippen LogP contribution in [0.1, 0.15) is 51.8 Å². The number of carbonyl (C=O) groups is 1. The maximum absolute atomic E-state index is 12.5. The van der Waals surface area contributed by atoms with Gasteiger partial charge in [0.05, 0.1) is 23.8 Å². The van der Waals surface area contributed by atoms with E-state index in [9.17, 15) is 4.79 Å². The minimum Gasteiger partial charge on any atom is -0.341 e. The Kier molecular flexibility index (Phi) is 3.94. The molecule has 1 aliphatic heterocycles. The molecule has 1 saturated heterocycles. The zero-order valence-corrected chi connectivity index (χ0v) is 12.1. The van der Waals surface area contributed by atoms with Crippen LogP contribution in [0.3, 0.4) is 0 Å². The standard InChI is InChI=1S/C14H24N4O/c1-11(13(19)17-7-5-4-6-8-17)18-10-16-9-12(18)14(2,3)15/h9-11H,4-8,15H2,1-3H3. The van der Waals surface area contributed by atoms with Gasteiger partial charge in [0, 0.05) is 13.1 Å². The van der Waals surface area contributed by atoms with Crippen LogP contribution < -0.4 is 5.73 Å². The van der Waals surface area contributed by atoms with Crippen LogP contribution in [0.2, 0.25) is 0 Å². The lowest BCUT2D eigenvalue weighted by Crippen LogP contribution is -2.41. The number of likely N-dealkylation sites (tertiary alicyclic amines) is 1. The Morgan fingerprint density at radius 1 is 1.37 bits per heavy atom. The van der Waals surface area contributed by atoms with Gasteiger partial charge in [-0.25, -0.2) is 4.98 Å². The number of hydrogen-bond acceptors (Lipinski definition) is 3. The number of rotatable bonds is 3. The molecule has 2 heterocycles. The van der Waals surface area contributed by atoms with Gasteiger partial charge < -0.3 is 15.2 Å². The molecule has 1 fully saturated rings. The Hall–Kier alpha value is -1.36. The van der Waals surface area contributed by atoms with E-state index in [4.69, 9.17) is 5.73 Å². The number of aromatic nitrogens is 2. The molecule has 2 rings (SSSR count). The van der Waals surface area contributed by atoms with E-state index in [2.05, 4.69) is 4.98 Å². The highest BCUT2D eigenvalue weighted by Gasteiger charge is 2.27. The predicted octanol–water partition coefficient (Wildman–Crippen LogP) is 1.65. The molecule has 5 heteroatoms. The molecule has 0 saturated carbocycles. The van der Waals surface area contributed by atoms with Gasteiger partial charge in [-0.2, -0.15) is 0 Å². The van der Waals surface area contributed by atoms with Crippen LogP contribution >= 0.6 is 0 Å². The zero-order chi connectivity index (χ0) is 14.0. The number of imidazole rings is 1. The molecule has 2 N–H and O–H groups in total. The van der Waals surface area contributed by atoms with Crippen molar-refractivity contribution in [2.75, 3.05) is 13.1 Å². The average molecular weight is 264 g/mol. The summed E-state index contributed by atoms with van der Waals surface area (Å²) in [5.74, 6) is 0.170. The average Bonchev–Trinajstić information content (AvgIpc) is 2.87. The number of carbonyl (C=O) groups excluding carboxylic acids is 1. The third-order valence-corrected chi connectivity index (χ3v) is 3.77. The Morgan fingerprint density at radius 2 is 2.00 bits per heavy atom. The van der Waals surface area contributed by atoms with E-state index in [1.807, 2.05) is 30.2 Å². The fourth-order valence-electron chi connectivity index (χ4n) is 2.61. The van der Waals surface area contributed by atoms with Crippen molar-refractivity contribution in [2.45, 2.75) is 51.6 Å². The monoisotopic (exact) mass is 264 g/mol. The fraction of sp³-hybridized carbons (Fsp3) is 0.714. The number of hydrogen-bond donors (Lipinski definition) is 1. The van der Waals surface area contributed by atoms with Crippen molar-refractivity contribution < 1.29 is 4.79 Å². The first-order valence-corrected chi connectivity index (χ1v) is 7.01. The first-order chi connectivity index (χ1) is 8.91. The van der Waals surface area contributed by atoms with Crippen molar-refractivity contribution in [1.29, 1.82) is 0 Å². The van der Waals surface area contributed by atoms with Crippen LogP contribution in [-0.2, 0) is 10.3 Å². The van der Waals surface area contributed by atoms with E-state index >= 15 is 0 Å². The molecule has 1 aliphatic rings. The van der Waals surface area contributed by atoms with Crippen molar-refractivity contribution in [3.05, 3.63) is 18.2 Å². The second-order valence-electron chi connectivity index (χ2n) is 5.97. The smallest absolute Gasteiger partial charge is 0.245 e. The van der Waals surface area contributed by atoms with E-state index < -0.39 is 5.54 Å². The normalized spacial score (nSPS) is 18.4. The first-order valence-electron chi connectivity index (χ1n) is 7.01. The quantitative estimate of drug-likeness (QED) is 0.903. The molecule has 0 aliphatic carbocycles. The van der Waals surface area contributed by atoms with E-state index in [0.717, 1.165) is 31.6 Å². The summed E-state index contributed by atoms with van der Waals surface area (Å²) in [6, 6.07) is -0.238. The third-order valence-electron chi connectivity index (χ3n) is 3.77. The number of nitrogens with two attached hydrogens (primary N) is 1. The van der Waals surface area contributed by atoms with Gasteiger partial charge in [-0.1, -0.05) is 0 Å². The van der Waals surface area contributed by atoms with Gasteiger partial charge in [0.25, 0.3) is 0 Å². The minimum atomic E-state index is -0.493. The van der Waals surface area contributed by atoms with Crippen LogP contribution in [0.5, 0.6) is 0 Å². The summed E-state index contributed by atoms with van der Waals surface area (Å²) >= 11 is 0. The van der Waals surface area contributed by atoms with E-state index in [1.54, 1.807) is 12.5 Å². The molecule has 1 aromatic rings. The van der Waals surface area contributed by atoms with Gasteiger partial charge in [-0.3, -0.25) is 4.79 Å². The Balaban J connectivity index is 2.17. The summed E-state index contributed by atoms with van der Waals surface area (Å²) in [6.07, 6.45) is 6.90. The zero-order valence-electron chi connectivity index (χ0n) is 12.1. The van der Waals surface area contributed by atoms with E-state index in [-0.39, 0.29) is 11.9 Å². The van der Waals surface area contributed by atoms with Crippen molar-refractivity contribution in [2.24, 2.45) is 5.73 Å². The molecule has 0 spiro atoms. The maximum atomic E-state index is 12.5. The molecule has 19 heavy (non-hydrogen) atoms. The van der Waals surface area contributed by atoms with Gasteiger partial charge in [0.15, 0.2) is 0 Å². The molecule has 0 aromatic carbocycles. The molecule has 1 amide bonds. The molecule has 5 nitrogen and oxygen atoms in total. The van der Waals surface area contributed by atoms with E-state index in [1.165, 1.54) is 6.42 Å².